The first-order valence-electron chi connectivity index (χ1n) is 10.5. The van der Waals surface area contributed by atoms with Crippen LogP contribution in [0.25, 0.3) is 0 Å². The van der Waals surface area contributed by atoms with E-state index in [2.05, 4.69) is 52.0 Å². The van der Waals surface area contributed by atoms with Crippen LogP contribution in [0.15, 0.2) is 53.5 Å². The highest BCUT2D eigenvalue weighted by atomic mass is 32.2. The Balaban J connectivity index is 1.27. The fraction of sp³-hybridized carbons (Fsp3) is 0.391. The number of methoxy groups -OCH3 is 1. The van der Waals surface area contributed by atoms with Crippen LogP contribution in [0.3, 0.4) is 0 Å². The first-order valence-corrected chi connectivity index (χ1v) is 11.5. The summed E-state index contributed by atoms with van der Waals surface area (Å²) in [6.07, 6.45) is 2.68. The van der Waals surface area contributed by atoms with Crippen LogP contribution in [0.1, 0.15) is 17.0 Å². The highest BCUT2D eigenvalue weighted by molar-refractivity contribution is 8.00. The van der Waals surface area contributed by atoms with E-state index in [0.29, 0.717) is 0 Å². The number of rotatable bonds is 8. The summed E-state index contributed by atoms with van der Waals surface area (Å²) < 4.78 is 5.22. The van der Waals surface area contributed by atoms with Crippen molar-refractivity contribution in [3.05, 3.63) is 59.7 Å². The largest absolute Gasteiger partial charge is 0.497 e. The molecule has 3 atom stereocenters. The van der Waals surface area contributed by atoms with Gasteiger partial charge in [-0.2, -0.15) is 0 Å². The SMILES string of the molecule is COc1ccc(C2C=NC(Nc3ccc(CCN4CCSC4C(=O)O)cc3)NC2)cc1. The Morgan fingerprint density at radius 3 is 2.68 bits per heavy atom. The molecule has 1 saturated heterocycles. The zero-order valence-electron chi connectivity index (χ0n) is 17.5. The summed E-state index contributed by atoms with van der Waals surface area (Å²) >= 11 is 1.51. The van der Waals surface area contributed by atoms with E-state index >= 15 is 0 Å². The maximum absolute atomic E-state index is 11.3. The number of aliphatic carboxylic acids is 1. The second kappa shape index (κ2) is 10.2. The summed E-state index contributed by atoms with van der Waals surface area (Å²) in [4.78, 5) is 17.9. The van der Waals surface area contributed by atoms with Crippen LogP contribution in [0.4, 0.5) is 5.69 Å². The quantitative estimate of drug-likeness (QED) is 0.582. The Hall–Kier alpha value is -2.55. The molecule has 0 spiro atoms. The number of carbonyl (C=O) groups is 1. The van der Waals surface area contributed by atoms with Gasteiger partial charge in [-0.05, 0) is 41.8 Å². The fourth-order valence-electron chi connectivity index (χ4n) is 3.84. The number of ether oxygens (including phenoxy) is 1. The number of hydrogen-bond donors (Lipinski definition) is 3. The third kappa shape index (κ3) is 5.58. The maximum Gasteiger partial charge on any atom is 0.331 e. The number of hydrogen-bond acceptors (Lipinski definition) is 7. The van der Waals surface area contributed by atoms with Crippen molar-refractivity contribution in [3.8, 4) is 5.75 Å². The van der Waals surface area contributed by atoms with Gasteiger partial charge in [0.1, 0.15) is 5.75 Å². The van der Waals surface area contributed by atoms with Crippen molar-refractivity contribution in [2.24, 2.45) is 4.99 Å². The van der Waals surface area contributed by atoms with Crippen molar-refractivity contribution in [1.82, 2.24) is 10.2 Å². The highest BCUT2D eigenvalue weighted by Gasteiger charge is 2.30. The fourth-order valence-corrected chi connectivity index (χ4v) is 4.96. The molecule has 4 rings (SSSR count). The molecule has 0 aromatic heterocycles. The predicted octanol–water partition coefficient (Wildman–Crippen LogP) is 2.85. The molecule has 0 amide bonds. The van der Waals surface area contributed by atoms with Gasteiger partial charge < -0.3 is 15.2 Å². The molecule has 0 radical (unpaired) electrons. The Kier molecular flexibility index (Phi) is 7.11. The second-order valence-electron chi connectivity index (χ2n) is 7.68. The molecular formula is C23H28N4O3S. The first-order chi connectivity index (χ1) is 15.1. The number of nitrogens with one attached hydrogen (secondary N) is 2. The Labute approximate surface area is 186 Å². The van der Waals surface area contributed by atoms with Crippen LogP contribution in [0.2, 0.25) is 0 Å². The molecule has 0 aliphatic carbocycles. The lowest BCUT2D eigenvalue weighted by molar-refractivity contribution is -0.139. The van der Waals surface area contributed by atoms with Gasteiger partial charge in [-0.3, -0.25) is 15.2 Å². The molecule has 1 fully saturated rings. The normalized spacial score (nSPS) is 23.6. The molecule has 0 bridgehead atoms. The average Bonchev–Trinajstić information content (AvgIpc) is 3.28. The molecule has 2 heterocycles. The molecule has 7 nitrogen and oxygen atoms in total. The second-order valence-corrected chi connectivity index (χ2v) is 8.87. The number of aliphatic imine (C=N–C) groups is 1. The minimum absolute atomic E-state index is 0.154. The summed E-state index contributed by atoms with van der Waals surface area (Å²) in [6.45, 7) is 2.41. The summed E-state index contributed by atoms with van der Waals surface area (Å²) in [5.41, 5.74) is 3.41. The minimum atomic E-state index is -0.739. The number of nitrogens with zero attached hydrogens (tertiary/aromatic N) is 2. The van der Waals surface area contributed by atoms with Crippen LogP contribution in [0.5, 0.6) is 5.75 Å². The van der Waals surface area contributed by atoms with Crippen LogP contribution in [-0.4, -0.2) is 66.4 Å². The number of thioether (sulfide) groups is 1. The third-order valence-corrected chi connectivity index (χ3v) is 6.87. The van der Waals surface area contributed by atoms with E-state index in [1.807, 2.05) is 23.2 Å². The third-order valence-electron chi connectivity index (χ3n) is 5.63. The van der Waals surface area contributed by atoms with E-state index in [1.165, 1.54) is 22.9 Å². The van der Waals surface area contributed by atoms with Crippen molar-refractivity contribution in [1.29, 1.82) is 0 Å². The summed E-state index contributed by atoms with van der Waals surface area (Å²) in [6, 6.07) is 16.4. The van der Waals surface area contributed by atoms with Gasteiger partial charge >= 0.3 is 5.97 Å². The molecule has 2 aromatic carbocycles. The van der Waals surface area contributed by atoms with E-state index in [-0.39, 0.29) is 12.2 Å². The number of carboxylic acid groups (broad SMARTS) is 1. The maximum atomic E-state index is 11.3. The van der Waals surface area contributed by atoms with Gasteiger partial charge in [0.25, 0.3) is 0 Å². The summed E-state index contributed by atoms with van der Waals surface area (Å²) in [7, 11) is 1.67. The standard InChI is InChI=1S/C23H28N4O3S/c1-30-20-8-4-17(5-9-20)18-14-24-23(25-15-18)26-19-6-2-16(3-7-19)10-11-27-12-13-31-21(27)22(28)29/h2-9,14,18,21,23,25-26H,10-13,15H2,1H3,(H,28,29). The molecule has 3 unspecified atom stereocenters. The van der Waals surface area contributed by atoms with E-state index in [1.54, 1.807) is 7.11 Å². The van der Waals surface area contributed by atoms with Gasteiger partial charge in [0.15, 0.2) is 11.7 Å². The smallest absolute Gasteiger partial charge is 0.331 e. The molecule has 8 heteroatoms. The Bertz CT molecular complexity index is 904. The van der Waals surface area contributed by atoms with Crippen LogP contribution >= 0.6 is 11.8 Å². The molecule has 31 heavy (non-hydrogen) atoms. The monoisotopic (exact) mass is 440 g/mol. The molecule has 2 aliphatic rings. The van der Waals surface area contributed by atoms with Crippen molar-refractivity contribution in [3.63, 3.8) is 0 Å². The average molecular weight is 441 g/mol. The number of benzene rings is 2. The van der Waals surface area contributed by atoms with Gasteiger partial charge in [-0.15, -0.1) is 11.8 Å². The molecular weight excluding hydrogens is 412 g/mol. The predicted molar refractivity (Wildman–Crippen MR) is 125 cm³/mol. The molecule has 2 aliphatic heterocycles. The van der Waals surface area contributed by atoms with Gasteiger partial charge in [-0.25, -0.2) is 4.79 Å². The van der Waals surface area contributed by atoms with Crippen molar-refractivity contribution in [2.75, 3.05) is 37.8 Å². The van der Waals surface area contributed by atoms with Crippen molar-refractivity contribution < 1.29 is 14.6 Å². The number of carboxylic acids is 1. The van der Waals surface area contributed by atoms with Crippen LogP contribution in [0, 0.1) is 0 Å². The first kappa shape index (κ1) is 21.7. The van der Waals surface area contributed by atoms with Gasteiger partial charge in [0, 0.05) is 43.2 Å². The zero-order chi connectivity index (χ0) is 21.6. The van der Waals surface area contributed by atoms with Gasteiger partial charge in [0.2, 0.25) is 0 Å². The highest BCUT2D eigenvalue weighted by Crippen LogP contribution is 2.24. The van der Waals surface area contributed by atoms with Crippen molar-refractivity contribution in [2.45, 2.75) is 24.0 Å². The van der Waals surface area contributed by atoms with Gasteiger partial charge in [-0.1, -0.05) is 24.3 Å². The van der Waals surface area contributed by atoms with E-state index in [4.69, 9.17) is 4.74 Å². The summed E-state index contributed by atoms with van der Waals surface area (Å²) in [5, 5.41) is 15.7. The number of anilines is 1. The Morgan fingerprint density at radius 2 is 2.03 bits per heavy atom. The van der Waals surface area contributed by atoms with E-state index < -0.39 is 11.3 Å². The Morgan fingerprint density at radius 1 is 1.26 bits per heavy atom. The molecule has 164 valence electrons. The minimum Gasteiger partial charge on any atom is -0.497 e. The lowest BCUT2D eigenvalue weighted by Crippen LogP contribution is -2.41. The lowest BCUT2D eigenvalue weighted by Gasteiger charge is -2.25. The topological polar surface area (TPSA) is 86.2 Å². The van der Waals surface area contributed by atoms with Crippen molar-refractivity contribution >= 4 is 29.6 Å². The van der Waals surface area contributed by atoms with Crippen LogP contribution in [-0.2, 0) is 11.2 Å². The zero-order valence-corrected chi connectivity index (χ0v) is 18.3. The lowest BCUT2D eigenvalue weighted by atomic mass is 9.99. The molecule has 0 saturated carbocycles. The molecule has 3 N–H and O–H groups in total. The van der Waals surface area contributed by atoms with Crippen LogP contribution < -0.4 is 15.4 Å². The molecule has 2 aromatic rings. The van der Waals surface area contributed by atoms with Gasteiger partial charge in [0.05, 0.1) is 7.11 Å². The van der Waals surface area contributed by atoms with E-state index in [9.17, 15) is 9.90 Å². The van der Waals surface area contributed by atoms with E-state index in [0.717, 1.165) is 43.2 Å². The summed E-state index contributed by atoms with van der Waals surface area (Å²) in [5.74, 6) is 1.24.